The molecule has 0 radical (unpaired) electrons. The Morgan fingerprint density at radius 2 is 2.17 bits per heavy atom. The highest BCUT2D eigenvalue weighted by Gasteiger charge is 2.12. The molecule has 3 nitrogen and oxygen atoms in total. The Hall–Kier alpha value is -1.29. The van der Waals surface area contributed by atoms with Crippen molar-refractivity contribution in [2.75, 3.05) is 13.6 Å². The number of nitrogens with zero attached hydrogens (tertiary/aromatic N) is 1. The Kier molecular flexibility index (Phi) is 4.42. The van der Waals surface area contributed by atoms with Gasteiger partial charge in [0.2, 0.25) is 0 Å². The Morgan fingerprint density at radius 3 is 2.83 bits per heavy atom. The van der Waals surface area contributed by atoms with Gasteiger partial charge in [0.15, 0.2) is 0 Å². The van der Waals surface area contributed by atoms with E-state index in [9.17, 15) is 5.11 Å². The predicted octanol–water partition coefficient (Wildman–Crippen LogP) is 3.10. The second-order valence-electron chi connectivity index (χ2n) is 4.35. The number of likely N-dealkylation sites (N-methyl/N-ethyl adjacent to an activating group) is 1. The molecule has 0 fully saturated rings. The molecule has 1 N–H and O–H groups in total. The zero-order chi connectivity index (χ0) is 13.0. The van der Waals surface area contributed by atoms with Crippen molar-refractivity contribution in [3.8, 4) is 0 Å². The summed E-state index contributed by atoms with van der Waals surface area (Å²) in [5.41, 5.74) is 0.828. The number of rotatable bonds is 5. The molecule has 2 aromatic rings. The van der Waals surface area contributed by atoms with Gasteiger partial charge in [-0.25, -0.2) is 0 Å². The van der Waals surface area contributed by atoms with Crippen LogP contribution in [0.1, 0.15) is 17.4 Å². The van der Waals surface area contributed by atoms with Crippen LogP contribution in [-0.4, -0.2) is 23.6 Å². The number of aliphatic hydroxyl groups excluding tert-OH is 1. The van der Waals surface area contributed by atoms with Crippen LogP contribution in [0.3, 0.4) is 0 Å². The largest absolute Gasteiger partial charge is 0.468 e. The lowest BCUT2D eigenvalue weighted by Gasteiger charge is -2.19. The van der Waals surface area contributed by atoms with Crippen molar-refractivity contribution in [2.45, 2.75) is 12.6 Å². The minimum atomic E-state index is -0.552. The summed E-state index contributed by atoms with van der Waals surface area (Å²) in [5.74, 6) is 0.885. The van der Waals surface area contributed by atoms with E-state index in [1.807, 2.05) is 36.2 Å². The summed E-state index contributed by atoms with van der Waals surface area (Å²) in [6.07, 6.45) is 1.10. The average molecular weight is 266 g/mol. The smallest absolute Gasteiger partial charge is 0.117 e. The number of hydrogen-bond acceptors (Lipinski definition) is 3. The molecule has 2 rings (SSSR count). The second kappa shape index (κ2) is 6.05. The van der Waals surface area contributed by atoms with Crippen molar-refractivity contribution >= 4 is 11.6 Å². The summed E-state index contributed by atoms with van der Waals surface area (Å²) in [5, 5.41) is 10.8. The molecule has 1 aromatic heterocycles. The molecule has 0 saturated carbocycles. The first-order valence-electron chi connectivity index (χ1n) is 5.79. The first-order chi connectivity index (χ1) is 8.65. The first kappa shape index (κ1) is 13.1. The highest BCUT2D eigenvalue weighted by atomic mass is 35.5. The Balaban J connectivity index is 1.92. The maximum atomic E-state index is 10.1. The monoisotopic (exact) mass is 265 g/mol. The van der Waals surface area contributed by atoms with Gasteiger partial charge < -0.3 is 9.52 Å². The van der Waals surface area contributed by atoms with Crippen molar-refractivity contribution in [2.24, 2.45) is 0 Å². The molecule has 0 bridgehead atoms. The fourth-order valence-electron chi connectivity index (χ4n) is 1.85. The standard InChI is InChI=1S/C14H16ClNO2/c1-16(9-13-6-3-7-18-13)10-14(17)11-4-2-5-12(15)8-11/h2-8,14,17H,9-10H2,1H3. The zero-order valence-corrected chi connectivity index (χ0v) is 11.0. The molecule has 18 heavy (non-hydrogen) atoms. The molecule has 0 aliphatic heterocycles. The van der Waals surface area contributed by atoms with E-state index in [2.05, 4.69) is 0 Å². The third kappa shape index (κ3) is 3.60. The molecule has 0 spiro atoms. The molecular formula is C14H16ClNO2. The molecule has 4 heteroatoms. The summed E-state index contributed by atoms with van der Waals surface area (Å²) in [4.78, 5) is 2.00. The minimum absolute atomic E-state index is 0.529. The van der Waals surface area contributed by atoms with Gasteiger partial charge in [0.1, 0.15) is 5.76 Å². The normalized spacial score (nSPS) is 12.9. The summed E-state index contributed by atoms with van der Waals surface area (Å²) in [6, 6.07) is 11.1. The van der Waals surface area contributed by atoms with Gasteiger partial charge in [-0.15, -0.1) is 0 Å². The highest BCUT2D eigenvalue weighted by Crippen LogP contribution is 2.18. The van der Waals surface area contributed by atoms with Crippen molar-refractivity contribution in [1.82, 2.24) is 4.90 Å². The van der Waals surface area contributed by atoms with Gasteiger partial charge in [0, 0.05) is 11.6 Å². The van der Waals surface area contributed by atoms with E-state index >= 15 is 0 Å². The third-order valence-electron chi connectivity index (χ3n) is 2.72. The summed E-state index contributed by atoms with van der Waals surface area (Å²) in [6.45, 7) is 1.20. The fourth-order valence-corrected chi connectivity index (χ4v) is 2.05. The van der Waals surface area contributed by atoms with Gasteiger partial charge in [-0.1, -0.05) is 23.7 Å². The van der Waals surface area contributed by atoms with E-state index in [1.54, 1.807) is 18.4 Å². The minimum Gasteiger partial charge on any atom is -0.468 e. The van der Waals surface area contributed by atoms with Crippen LogP contribution in [0, 0.1) is 0 Å². The van der Waals surface area contributed by atoms with Crippen LogP contribution in [0.2, 0.25) is 5.02 Å². The second-order valence-corrected chi connectivity index (χ2v) is 4.78. The van der Waals surface area contributed by atoms with Crippen LogP contribution in [-0.2, 0) is 6.54 Å². The molecule has 1 heterocycles. The molecule has 1 atom stereocenters. The highest BCUT2D eigenvalue weighted by molar-refractivity contribution is 6.30. The number of halogens is 1. The summed E-state index contributed by atoms with van der Waals surface area (Å²) >= 11 is 5.90. The maximum Gasteiger partial charge on any atom is 0.117 e. The SMILES string of the molecule is CN(Cc1ccco1)CC(O)c1cccc(Cl)c1. The zero-order valence-electron chi connectivity index (χ0n) is 10.2. The van der Waals surface area contributed by atoms with Crippen molar-refractivity contribution < 1.29 is 9.52 Å². The van der Waals surface area contributed by atoms with Crippen LogP contribution in [0.5, 0.6) is 0 Å². The van der Waals surface area contributed by atoms with Gasteiger partial charge in [-0.05, 0) is 36.9 Å². The van der Waals surface area contributed by atoms with Crippen LogP contribution >= 0.6 is 11.6 Å². The van der Waals surface area contributed by atoms with Crippen LogP contribution < -0.4 is 0 Å². The molecular weight excluding hydrogens is 250 g/mol. The van der Waals surface area contributed by atoms with E-state index in [-0.39, 0.29) is 0 Å². The Morgan fingerprint density at radius 1 is 1.33 bits per heavy atom. The van der Waals surface area contributed by atoms with Crippen molar-refractivity contribution in [3.05, 3.63) is 59.0 Å². The number of furan rings is 1. The van der Waals surface area contributed by atoms with Crippen LogP contribution in [0.15, 0.2) is 47.1 Å². The van der Waals surface area contributed by atoms with E-state index in [0.717, 1.165) is 11.3 Å². The van der Waals surface area contributed by atoms with E-state index < -0.39 is 6.10 Å². The lowest BCUT2D eigenvalue weighted by Crippen LogP contribution is -2.24. The van der Waals surface area contributed by atoms with Gasteiger partial charge in [0.25, 0.3) is 0 Å². The predicted molar refractivity (Wildman–Crippen MR) is 71.5 cm³/mol. The lowest BCUT2D eigenvalue weighted by atomic mass is 10.1. The van der Waals surface area contributed by atoms with Crippen molar-refractivity contribution in [1.29, 1.82) is 0 Å². The molecule has 1 aromatic carbocycles. The number of benzene rings is 1. The topological polar surface area (TPSA) is 36.6 Å². The molecule has 96 valence electrons. The number of hydrogen-bond donors (Lipinski definition) is 1. The average Bonchev–Trinajstić information content (AvgIpc) is 2.81. The fraction of sp³-hybridized carbons (Fsp3) is 0.286. The number of aliphatic hydroxyl groups is 1. The van der Waals surface area contributed by atoms with E-state index in [0.29, 0.717) is 18.1 Å². The first-order valence-corrected chi connectivity index (χ1v) is 6.17. The van der Waals surface area contributed by atoms with Gasteiger partial charge in [-0.3, -0.25) is 4.90 Å². The molecule has 0 aliphatic rings. The van der Waals surface area contributed by atoms with E-state index in [1.165, 1.54) is 0 Å². The van der Waals surface area contributed by atoms with Crippen LogP contribution in [0.25, 0.3) is 0 Å². The lowest BCUT2D eigenvalue weighted by molar-refractivity contribution is 0.120. The molecule has 0 amide bonds. The van der Waals surface area contributed by atoms with Crippen LogP contribution in [0.4, 0.5) is 0 Å². The van der Waals surface area contributed by atoms with Gasteiger partial charge in [0.05, 0.1) is 18.9 Å². The molecule has 0 saturated heterocycles. The summed E-state index contributed by atoms with van der Waals surface area (Å²) < 4.78 is 5.27. The van der Waals surface area contributed by atoms with E-state index in [4.69, 9.17) is 16.0 Å². The third-order valence-corrected chi connectivity index (χ3v) is 2.96. The quantitative estimate of drug-likeness (QED) is 0.903. The summed E-state index contributed by atoms with van der Waals surface area (Å²) in [7, 11) is 1.94. The van der Waals surface area contributed by atoms with Crippen molar-refractivity contribution in [3.63, 3.8) is 0 Å². The van der Waals surface area contributed by atoms with Gasteiger partial charge >= 0.3 is 0 Å². The Labute approximate surface area is 112 Å². The molecule has 0 aliphatic carbocycles. The Bertz CT molecular complexity index is 484. The maximum absolute atomic E-state index is 10.1. The van der Waals surface area contributed by atoms with Gasteiger partial charge in [-0.2, -0.15) is 0 Å². The molecule has 1 unspecified atom stereocenters.